The number of rotatable bonds is 2. The molecule has 0 radical (unpaired) electrons. The summed E-state index contributed by atoms with van der Waals surface area (Å²) in [6, 6.07) is 8.39. The molecule has 1 heterocycles. The summed E-state index contributed by atoms with van der Waals surface area (Å²) in [6.45, 7) is 4.25. The van der Waals surface area contributed by atoms with Crippen molar-refractivity contribution in [3.63, 3.8) is 0 Å². The zero-order valence-corrected chi connectivity index (χ0v) is 9.99. The van der Waals surface area contributed by atoms with Gasteiger partial charge in [0.25, 0.3) is 0 Å². The van der Waals surface area contributed by atoms with Crippen molar-refractivity contribution in [2.24, 2.45) is 7.05 Å². The van der Waals surface area contributed by atoms with Gasteiger partial charge in [0.1, 0.15) is 5.82 Å². The molecular formula is C13H17N3. The van der Waals surface area contributed by atoms with E-state index in [0.717, 1.165) is 12.1 Å². The predicted molar refractivity (Wildman–Crippen MR) is 67.2 cm³/mol. The van der Waals surface area contributed by atoms with E-state index in [4.69, 9.17) is 5.73 Å². The maximum Gasteiger partial charge on any atom is 0.121 e. The first-order chi connectivity index (χ1) is 7.61. The summed E-state index contributed by atoms with van der Waals surface area (Å²) in [7, 11) is 1.86. The number of anilines is 1. The second-order valence-electron chi connectivity index (χ2n) is 4.09. The Bertz CT molecular complexity index is 492. The third-order valence-electron chi connectivity index (χ3n) is 2.84. The van der Waals surface area contributed by atoms with Crippen molar-refractivity contribution in [1.82, 2.24) is 9.78 Å². The Morgan fingerprint density at radius 3 is 2.62 bits per heavy atom. The average molecular weight is 215 g/mol. The molecule has 0 aliphatic rings. The minimum atomic E-state index is 0.693. The van der Waals surface area contributed by atoms with Crippen molar-refractivity contribution >= 4 is 5.82 Å². The smallest absolute Gasteiger partial charge is 0.121 e. The van der Waals surface area contributed by atoms with E-state index < -0.39 is 0 Å². The summed E-state index contributed by atoms with van der Waals surface area (Å²) in [5.41, 5.74) is 10.5. The Morgan fingerprint density at radius 2 is 2.06 bits per heavy atom. The van der Waals surface area contributed by atoms with Crippen LogP contribution in [0.1, 0.15) is 18.1 Å². The molecule has 0 bridgehead atoms. The fourth-order valence-electron chi connectivity index (χ4n) is 1.85. The van der Waals surface area contributed by atoms with E-state index >= 15 is 0 Å². The van der Waals surface area contributed by atoms with Crippen LogP contribution in [0.25, 0.3) is 11.3 Å². The van der Waals surface area contributed by atoms with Crippen molar-refractivity contribution in [2.45, 2.75) is 20.3 Å². The van der Waals surface area contributed by atoms with Gasteiger partial charge in [-0.15, -0.1) is 0 Å². The monoisotopic (exact) mass is 215 g/mol. The predicted octanol–water partition coefficient (Wildman–Crippen LogP) is 2.54. The molecular weight excluding hydrogens is 198 g/mol. The van der Waals surface area contributed by atoms with E-state index in [1.165, 1.54) is 16.7 Å². The zero-order chi connectivity index (χ0) is 11.7. The number of hydrogen-bond acceptors (Lipinski definition) is 2. The number of nitrogen functional groups attached to an aromatic ring is 1. The standard InChI is InChI=1S/C13H17N3/c1-4-10-6-5-9(2)7-11(10)12-8-13(14)16(3)15-12/h5-8H,4,14H2,1-3H3. The van der Waals surface area contributed by atoms with E-state index in [9.17, 15) is 0 Å². The van der Waals surface area contributed by atoms with Crippen LogP contribution in [0, 0.1) is 6.92 Å². The van der Waals surface area contributed by atoms with Gasteiger partial charge in [-0.25, -0.2) is 0 Å². The zero-order valence-electron chi connectivity index (χ0n) is 9.99. The largest absolute Gasteiger partial charge is 0.384 e. The van der Waals surface area contributed by atoms with Gasteiger partial charge < -0.3 is 5.73 Å². The minimum Gasteiger partial charge on any atom is -0.384 e. The number of benzene rings is 1. The number of nitrogens with two attached hydrogens (primary N) is 1. The van der Waals surface area contributed by atoms with Crippen LogP contribution in [0.2, 0.25) is 0 Å². The third kappa shape index (κ3) is 1.81. The highest BCUT2D eigenvalue weighted by Gasteiger charge is 2.08. The van der Waals surface area contributed by atoms with E-state index in [-0.39, 0.29) is 0 Å². The van der Waals surface area contributed by atoms with E-state index in [1.807, 2.05) is 13.1 Å². The molecule has 0 saturated heterocycles. The Balaban J connectivity index is 2.57. The molecule has 84 valence electrons. The molecule has 0 atom stereocenters. The van der Waals surface area contributed by atoms with Crippen molar-refractivity contribution in [1.29, 1.82) is 0 Å². The maximum atomic E-state index is 5.81. The first-order valence-electron chi connectivity index (χ1n) is 5.51. The summed E-state index contributed by atoms with van der Waals surface area (Å²) in [4.78, 5) is 0. The lowest BCUT2D eigenvalue weighted by Crippen LogP contribution is -1.97. The Kier molecular flexibility index (Phi) is 2.69. The molecule has 0 spiro atoms. The lowest BCUT2D eigenvalue weighted by atomic mass is 10.00. The fourth-order valence-corrected chi connectivity index (χ4v) is 1.85. The van der Waals surface area contributed by atoms with Crippen LogP contribution in [0.5, 0.6) is 0 Å². The molecule has 0 amide bonds. The topological polar surface area (TPSA) is 43.8 Å². The molecule has 0 aliphatic carbocycles. The Labute approximate surface area is 95.9 Å². The quantitative estimate of drug-likeness (QED) is 0.836. The van der Waals surface area contributed by atoms with Crippen LogP contribution in [0.15, 0.2) is 24.3 Å². The van der Waals surface area contributed by atoms with Gasteiger partial charge in [0, 0.05) is 18.7 Å². The molecule has 0 saturated carbocycles. The molecule has 1 aromatic heterocycles. The SMILES string of the molecule is CCc1ccc(C)cc1-c1cc(N)n(C)n1. The second-order valence-corrected chi connectivity index (χ2v) is 4.09. The van der Waals surface area contributed by atoms with Gasteiger partial charge in [-0.3, -0.25) is 4.68 Å². The lowest BCUT2D eigenvalue weighted by Gasteiger charge is -2.06. The van der Waals surface area contributed by atoms with Gasteiger partial charge in [-0.2, -0.15) is 5.10 Å². The first-order valence-corrected chi connectivity index (χ1v) is 5.51. The third-order valence-corrected chi connectivity index (χ3v) is 2.84. The molecule has 3 nitrogen and oxygen atoms in total. The molecule has 2 aromatic rings. The van der Waals surface area contributed by atoms with Gasteiger partial charge in [0.2, 0.25) is 0 Å². The highest BCUT2D eigenvalue weighted by Crippen LogP contribution is 2.25. The normalized spacial score (nSPS) is 10.7. The van der Waals surface area contributed by atoms with E-state index in [1.54, 1.807) is 4.68 Å². The van der Waals surface area contributed by atoms with Gasteiger partial charge in [-0.05, 0) is 25.0 Å². The van der Waals surface area contributed by atoms with Crippen LogP contribution in [-0.4, -0.2) is 9.78 Å². The molecule has 0 aliphatic heterocycles. The summed E-state index contributed by atoms with van der Waals surface area (Å²) < 4.78 is 1.71. The fraction of sp³-hybridized carbons (Fsp3) is 0.308. The molecule has 2 rings (SSSR count). The van der Waals surface area contributed by atoms with Crippen molar-refractivity contribution < 1.29 is 0 Å². The number of aryl methyl sites for hydroxylation is 3. The molecule has 0 unspecified atom stereocenters. The molecule has 16 heavy (non-hydrogen) atoms. The van der Waals surface area contributed by atoms with Crippen LogP contribution < -0.4 is 5.73 Å². The number of hydrogen-bond donors (Lipinski definition) is 1. The van der Waals surface area contributed by atoms with Crippen LogP contribution in [-0.2, 0) is 13.5 Å². The molecule has 2 N–H and O–H groups in total. The summed E-state index contributed by atoms with van der Waals surface area (Å²) >= 11 is 0. The highest BCUT2D eigenvalue weighted by atomic mass is 15.3. The Morgan fingerprint density at radius 1 is 1.31 bits per heavy atom. The van der Waals surface area contributed by atoms with Crippen molar-refractivity contribution in [3.8, 4) is 11.3 Å². The lowest BCUT2D eigenvalue weighted by molar-refractivity contribution is 0.782. The van der Waals surface area contributed by atoms with Crippen LogP contribution in [0.3, 0.4) is 0 Å². The van der Waals surface area contributed by atoms with Crippen LogP contribution >= 0.6 is 0 Å². The summed E-state index contributed by atoms with van der Waals surface area (Å²) in [5, 5.41) is 4.42. The van der Waals surface area contributed by atoms with Gasteiger partial charge in [-0.1, -0.05) is 24.6 Å². The minimum absolute atomic E-state index is 0.693. The molecule has 1 aromatic carbocycles. The van der Waals surface area contributed by atoms with Gasteiger partial charge in [0.15, 0.2) is 0 Å². The van der Waals surface area contributed by atoms with Gasteiger partial charge in [0.05, 0.1) is 5.69 Å². The summed E-state index contributed by atoms with van der Waals surface area (Å²) in [5.74, 6) is 0.693. The summed E-state index contributed by atoms with van der Waals surface area (Å²) in [6.07, 6.45) is 1.01. The van der Waals surface area contributed by atoms with E-state index in [0.29, 0.717) is 5.82 Å². The molecule has 0 fully saturated rings. The second kappa shape index (κ2) is 4.00. The average Bonchev–Trinajstić information content (AvgIpc) is 2.59. The highest BCUT2D eigenvalue weighted by molar-refractivity contribution is 5.67. The number of aromatic nitrogens is 2. The molecule has 3 heteroatoms. The first kappa shape index (κ1) is 10.7. The maximum absolute atomic E-state index is 5.81. The Hall–Kier alpha value is -1.77. The van der Waals surface area contributed by atoms with Gasteiger partial charge >= 0.3 is 0 Å². The van der Waals surface area contributed by atoms with E-state index in [2.05, 4.69) is 37.1 Å². The van der Waals surface area contributed by atoms with Crippen molar-refractivity contribution in [3.05, 3.63) is 35.4 Å². The van der Waals surface area contributed by atoms with Crippen LogP contribution in [0.4, 0.5) is 5.82 Å². The number of nitrogens with zero attached hydrogens (tertiary/aromatic N) is 2. The van der Waals surface area contributed by atoms with Crippen molar-refractivity contribution in [2.75, 3.05) is 5.73 Å².